The summed E-state index contributed by atoms with van der Waals surface area (Å²) in [6.07, 6.45) is 0. The lowest BCUT2D eigenvalue weighted by atomic mass is 10.3. The second kappa shape index (κ2) is 3.74. The average Bonchev–Trinajstić information content (AvgIpc) is 2.20. The van der Waals surface area contributed by atoms with Crippen LogP contribution in [0, 0.1) is 0 Å². The maximum absolute atomic E-state index is 5.35. The van der Waals surface area contributed by atoms with Gasteiger partial charge in [-0.15, -0.1) is 0 Å². The fraction of sp³-hybridized carbons (Fsp3) is 0.500. The lowest BCUT2D eigenvalue weighted by Crippen LogP contribution is -2.31. The van der Waals surface area contributed by atoms with Crippen LogP contribution in [0.1, 0.15) is 6.92 Å². The van der Waals surface area contributed by atoms with Gasteiger partial charge in [0, 0.05) is 26.2 Å². The van der Waals surface area contributed by atoms with Gasteiger partial charge < -0.3 is 15.0 Å². The number of nitrogens with one attached hydrogen (secondary N) is 1. The van der Waals surface area contributed by atoms with Gasteiger partial charge in [-0.1, -0.05) is 0 Å². The number of hydrogen-bond acceptors (Lipinski definition) is 4. The van der Waals surface area contributed by atoms with Gasteiger partial charge >= 0.3 is 0 Å². The van der Waals surface area contributed by atoms with E-state index in [0.29, 0.717) is 12.5 Å². The number of aromatic nitrogens is 1. The number of pyridine rings is 1. The van der Waals surface area contributed by atoms with Crippen molar-refractivity contribution in [2.24, 2.45) is 0 Å². The molecule has 1 aliphatic rings. The van der Waals surface area contributed by atoms with Crippen molar-refractivity contribution in [3.63, 3.8) is 0 Å². The molecule has 0 fully saturated rings. The fourth-order valence-electron chi connectivity index (χ4n) is 1.55. The minimum absolute atomic E-state index is 0.656. The zero-order chi connectivity index (χ0) is 9.97. The van der Waals surface area contributed by atoms with Crippen LogP contribution in [0.2, 0.25) is 0 Å². The molecule has 0 aliphatic carbocycles. The molecule has 0 spiro atoms. The van der Waals surface area contributed by atoms with Crippen LogP contribution in [-0.2, 0) is 0 Å². The van der Waals surface area contributed by atoms with Crippen LogP contribution < -0.4 is 15.0 Å². The van der Waals surface area contributed by atoms with Crippen LogP contribution in [0.3, 0.4) is 0 Å². The maximum atomic E-state index is 5.35. The molecule has 4 heteroatoms. The summed E-state index contributed by atoms with van der Waals surface area (Å²) in [5.41, 5.74) is 1.09. The second-order valence-electron chi connectivity index (χ2n) is 3.30. The third kappa shape index (κ3) is 1.60. The molecule has 4 nitrogen and oxygen atoms in total. The number of fused-ring (bicyclic) bond motifs is 1. The number of nitrogens with zero attached hydrogens (tertiary/aromatic N) is 2. The van der Waals surface area contributed by atoms with Gasteiger partial charge in [0.15, 0.2) is 5.82 Å². The van der Waals surface area contributed by atoms with E-state index in [1.54, 1.807) is 0 Å². The van der Waals surface area contributed by atoms with E-state index < -0.39 is 0 Å². The highest BCUT2D eigenvalue weighted by Gasteiger charge is 2.14. The summed E-state index contributed by atoms with van der Waals surface area (Å²) in [5, 5.41) is 3.30. The molecule has 2 rings (SSSR count). The first-order valence-electron chi connectivity index (χ1n) is 4.90. The van der Waals surface area contributed by atoms with Gasteiger partial charge in [-0.25, -0.2) is 0 Å². The third-order valence-electron chi connectivity index (χ3n) is 2.27. The van der Waals surface area contributed by atoms with E-state index in [9.17, 15) is 0 Å². The third-order valence-corrected chi connectivity index (χ3v) is 2.27. The Labute approximate surface area is 83.9 Å². The Hall–Kier alpha value is -1.45. The minimum atomic E-state index is 0.656. The Morgan fingerprint density at radius 1 is 1.57 bits per heavy atom. The Bertz CT molecular complexity index is 327. The van der Waals surface area contributed by atoms with E-state index in [1.807, 2.05) is 26.1 Å². The lowest BCUT2D eigenvalue weighted by Gasteiger charge is -2.27. The van der Waals surface area contributed by atoms with Crippen LogP contribution >= 0.6 is 0 Å². The van der Waals surface area contributed by atoms with Gasteiger partial charge in [-0.05, 0) is 13.0 Å². The highest BCUT2D eigenvalue weighted by molar-refractivity contribution is 5.68. The number of anilines is 2. The van der Waals surface area contributed by atoms with Crippen LogP contribution in [0.4, 0.5) is 11.5 Å². The summed E-state index contributed by atoms with van der Waals surface area (Å²) >= 11 is 0. The Morgan fingerprint density at radius 2 is 2.43 bits per heavy atom. The summed E-state index contributed by atoms with van der Waals surface area (Å²) in [7, 11) is 2.04. The van der Waals surface area contributed by atoms with Gasteiger partial charge in [0.25, 0.3) is 0 Å². The molecule has 1 aromatic heterocycles. The maximum Gasteiger partial charge on any atom is 0.215 e. The Balaban J connectivity index is 2.31. The molecule has 76 valence electrons. The molecule has 2 heterocycles. The van der Waals surface area contributed by atoms with Crippen molar-refractivity contribution in [3.8, 4) is 5.88 Å². The van der Waals surface area contributed by atoms with E-state index in [-0.39, 0.29) is 0 Å². The molecule has 0 saturated heterocycles. The number of ether oxygens (including phenoxy) is 1. The van der Waals surface area contributed by atoms with E-state index in [1.165, 1.54) is 0 Å². The molecule has 0 bridgehead atoms. The van der Waals surface area contributed by atoms with E-state index in [0.717, 1.165) is 24.6 Å². The summed E-state index contributed by atoms with van der Waals surface area (Å²) in [5.74, 6) is 1.67. The molecular formula is C10H15N3O. The van der Waals surface area contributed by atoms with Crippen LogP contribution in [0.25, 0.3) is 0 Å². The monoisotopic (exact) mass is 193 g/mol. The molecule has 0 aromatic carbocycles. The SMILES string of the molecule is CCOc1ccc2c(n1)N(C)CCN2. The van der Waals surface area contributed by atoms with E-state index in [4.69, 9.17) is 4.74 Å². The first-order chi connectivity index (χ1) is 6.81. The molecule has 1 aliphatic heterocycles. The van der Waals surface area contributed by atoms with Gasteiger partial charge in [0.1, 0.15) is 0 Å². The fourth-order valence-corrected chi connectivity index (χ4v) is 1.55. The zero-order valence-electron chi connectivity index (χ0n) is 8.58. The van der Waals surface area contributed by atoms with Crippen LogP contribution in [0.5, 0.6) is 5.88 Å². The molecule has 1 aromatic rings. The van der Waals surface area contributed by atoms with Crippen molar-refractivity contribution in [2.75, 3.05) is 37.0 Å². The normalized spacial score (nSPS) is 14.6. The molecule has 1 N–H and O–H groups in total. The number of rotatable bonds is 2. The lowest BCUT2D eigenvalue weighted by molar-refractivity contribution is 0.327. The average molecular weight is 193 g/mol. The van der Waals surface area contributed by atoms with Gasteiger partial charge in [0.2, 0.25) is 5.88 Å². The van der Waals surface area contributed by atoms with Crippen molar-refractivity contribution >= 4 is 11.5 Å². The second-order valence-corrected chi connectivity index (χ2v) is 3.30. The molecule has 0 saturated carbocycles. The first kappa shape index (κ1) is 9.12. The molecule has 0 radical (unpaired) electrons. The summed E-state index contributed by atoms with van der Waals surface area (Å²) in [6, 6.07) is 3.91. The van der Waals surface area contributed by atoms with Gasteiger partial charge in [-0.2, -0.15) is 4.98 Å². The summed E-state index contributed by atoms with van der Waals surface area (Å²) in [4.78, 5) is 6.56. The van der Waals surface area contributed by atoms with Crippen molar-refractivity contribution in [1.29, 1.82) is 0 Å². The van der Waals surface area contributed by atoms with Crippen LogP contribution in [-0.4, -0.2) is 31.7 Å². The molecule has 14 heavy (non-hydrogen) atoms. The molecule has 0 atom stereocenters. The number of hydrogen-bond donors (Lipinski definition) is 1. The highest BCUT2D eigenvalue weighted by atomic mass is 16.5. The van der Waals surface area contributed by atoms with E-state index >= 15 is 0 Å². The minimum Gasteiger partial charge on any atom is -0.478 e. The smallest absolute Gasteiger partial charge is 0.215 e. The Morgan fingerprint density at radius 3 is 3.21 bits per heavy atom. The zero-order valence-corrected chi connectivity index (χ0v) is 8.58. The number of likely N-dealkylation sites (N-methyl/N-ethyl adjacent to an activating group) is 1. The van der Waals surface area contributed by atoms with Crippen molar-refractivity contribution in [2.45, 2.75) is 6.92 Å². The first-order valence-corrected chi connectivity index (χ1v) is 4.90. The van der Waals surface area contributed by atoms with Crippen molar-refractivity contribution < 1.29 is 4.74 Å². The molecular weight excluding hydrogens is 178 g/mol. The Kier molecular flexibility index (Phi) is 2.43. The summed E-state index contributed by atoms with van der Waals surface area (Å²) in [6.45, 7) is 4.57. The van der Waals surface area contributed by atoms with Gasteiger partial charge in [-0.3, -0.25) is 0 Å². The van der Waals surface area contributed by atoms with Gasteiger partial charge in [0.05, 0.1) is 12.3 Å². The standard InChI is InChI=1S/C10H15N3O/c1-3-14-9-5-4-8-10(12-9)13(2)7-6-11-8/h4-5,11H,3,6-7H2,1-2H3. The van der Waals surface area contributed by atoms with Crippen molar-refractivity contribution in [1.82, 2.24) is 4.98 Å². The quantitative estimate of drug-likeness (QED) is 0.769. The van der Waals surface area contributed by atoms with Crippen LogP contribution in [0.15, 0.2) is 12.1 Å². The largest absolute Gasteiger partial charge is 0.478 e. The predicted molar refractivity (Wildman–Crippen MR) is 57.2 cm³/mol. The topological polar surface area (TPSA) is 37.4 Å². The molecule has 0 amide bonds. The van der Waals surface area contributed by atoms with Crippen molar-refractivity contribution in [3.05, 3.63) is 12.1 Å². The molecule has 0 unspecified atom stereocenters. The van der Waals surface area contributed by atoms with E-state index in [2.05, 4.69) is 15.2 Å². The predicted octanol–water partition coefficient (Wildman–Crippen LogP) is 1.34. The highest BCUT2D eigenvalue weighted by Crippen LogP contribution is 2.27. The summed E-state index contributed by atoms with van der Waals surface area (Å²) < 4.78 is 5.35.